The quantitative estimate of drug-likeness (QED) is 0.909. The van der Waals surface area contributed by atoms with Gasteiger partial charge in [-0.1, -0.05) is 44.0 Å². The number of nitrogens with zero attached hydrogens (tertiary/aromatic N) is 1. The number of fused-ring (bicyclic) bond motifs is 1. The third-order valence-electron chi connectivity index (χ3n) is 5.41. The van der Waals surface area contributed by atoms with Crippen LogP contribution in [0.5, 0.6) is 0 Å². The minimum absolute atomic E-state index is 0.471. The summed E-state index contributed by atoms with van der Waals surface area (Å²) in [4.78, 5) is 2.73. The molecule has 2 fully saturated rings. The Morgan fingerprint density at radius 1 is 1.15 bits per heavy atom. The predicted molar refractivity (Wildman–Crippen MR) is 84.7 cm³/mol. The van der Waals surface area contributed by atoms with E-state index in [0.29, 0.717) is 5.92 Å². The van der Waals surface area contributed by atoms with Crippen molar-refractivity contribution in [2.75, 3.05) is 13.1 Å². The highest BCUT2D eigenvalue weighted by atomic mass is 15.2. The third-order valence-corrected chi connectivity index (χ3v) is 5.41. The zero-order chi connectivity index (χ0) is 13.9. The van der Waals surface area contributed by atoms with Gasteiger partial charge < -0.3 is 5.73 Å². The van der Waals surface area contributed by atoms with Crippen LogP contribution >= 0.6 is 0 Å². The van der Waals surface area contributed by atoms with Crippen LogP contribution in [-0.2, 0) is 6.54 Å². The van der Waals surface area contributed by atoms with E-state index in [2.05, 4.69) is 36.1 Å². The molecule has 110 valence electrons. The smallest absolute Gasteiger partial charge is 0.0236 e. The van der Waals surface area contributed by atoms with Gasteiger partial charge >= 0.3 is 0 Å². The Morgan fingerprint density at radius 2 is 1.90 bits per heavy atom. The molecule has 20 heavy (non-hydrogen) atoms. The average Bonchev–Trinajstić information content (AvgIpc) is 2.91. The van der Waals surface area contributed by atoms with Gasteiger partial charge in [-0.25, -0.2) is 0 Å². The van der Waals surface area contributed by atoms with Crippen LogP contribution in [0.15, 0.2) is 24.3 Å². The van der Waals surface area contributed by atoms with Crippen LogP contribution in [0.1, 0.15) is 56.1 Å². The first-order valence-corrected chi connectivity index (χ1v) is 8.31. The molecule has 1 aliphatic heterocycles. The minimum atomic E-state index is 0.471. The predicted octanol–water partition coefficient (Wildman–Crippen LogP) is 3.51. The zero-order valence-electron chi connectivity index (χ0n) is 12.7. The van der Waals surface area contributed by atoms with Gasteiger partial charge in [0, 0.05) is 12.6 Å². The van der Waals surface area contributed by atoms with Gasteiger partial charge in [-0.2, -0.15) is 0 Å². The summed E-state index contributed by atoms with van der Waals surface area (Å²) in [5.41, 5.74) is 8.57. The molecule has 1 saturated heterocycles. The van der Waals surface area contributed by atoms with Gasteiger partial charge in [0.05, 0.1) is 0 Å². The molecule has 1 heterocycles. The zero-order valence-corrected chi connectivity index (χ0v) is 12.7. The highest BCUT2D eigenvalue weighted by molar-refractivity contribution is 5.25. The Balaban J connectivity index is 1.63. The third kappa shape index (κ3) is 2.91. The standard InChI is InChI=1S/C18H28N2/c1-14(12-19)16-8-6-15(7-9-16)13-20-11-10-17-4-2-3-5-18(17)20/h6-9,14,17-18H,2-5,10-13,19H2,1H3. The van der Waals surface area contributed by atoms with E-state index < -0.39 is 0 Å². The Kier molecular flexibility index (Phi) is 4.42. The number of benzene rings is 1. The van der Waals surface area contributed by atoms with Crippen molar-refractivity contribution < 1.29 is 0 Å². The van der Waals surface area contributed by atoms with E-state index in [-0.39, 0.29) is 0 Å². The molecule has 0 amide bonds. The topological polar surface area (TPSA) is 29.3 Å². The summed E-state index contributed by atoms with van der Waals surface area (Å²) < 4.78 is 0. The maximum absolute atomic E-state index is 5.74. The number of rotatable bonds is 4. The Labute approximate surface area is 123 Å². The average molecular weight is 272 g/mol. The number of nitrogens with two attached hydrogens (primary N) is 1. The molecule has 1 saturated carbocycles. The molecule has 0 radical (unpaired) electrons. The van der Waals surface area contributed by atoms with E-state index in [1.165, 1.54) is 49.8 Å². The van der Waals surface area contributed by atoms with E-state index in [0.717, 1.165) is 25.0 Å². The summed E-state index contributed by atoms with van der Waals surface area (Å²) in [5.74, 6) is 1.46. The first-order valence-electron chi connectivity index (χ1n) is 8.31. The highest BCUT2D eigenvalue weighted by Crippen LogP contribution is 2.36. The lowest BCUT2D eigenvalue weighted by Crippen LogP contribution is -2.34. The Hall–Kier alpha value is -0.860. The van der Waals surface area contributed by atoms with E-state index in [1.807, 2.05) is 0 Å². The molecule has 2 aliphatic rings. The summed E-state index contributed by atoms with van der Waals surface area (Å²) in [6.07, 6.45) is 7.21. The SMILES string of the molecule is CC(CN)c1ccc(CN2CCC3CCCCC32)cc1. The van der Waals surface area contributed by atoms with Gasteiger partial charge in [-0.15, -0.1) is 0 Å². The fourth-order valence-electron chi connectivity index (χ4n) is 4.02. The molecule has 2 heteroatoms. The fraction of sp³-hybridized carbons (Fsp3) is 0.667. The molecule has 2 N–H and O–H groups in total. The molecule has 0 spiro atoms. The van der Waals surface area contributed by atoms with Crippen LogP contribution < -0.4 is 5.73 Å². The minimum Gasteiger partial charge on any atom is -0.330 e. The van der Waals surface area contributed by atoms with Gasteiger partial charge in [0.1, 0.15) is 0 Å². The van der Waals surface area contributed by atoms with E-state index in [1.54, 1.807) is 0 Å². The van der Waals surface area contributed by atoms with E-state index in [9.17, 15) is 0 Å². The molecule has 1 aromatic carbocycles. The maximum Gasteiger partial charge on any atom is 0.0236 e. The van der Waals surface area contributed by atoms with Crippen LogP contribution in [0, 0.1) is 5.92 Å². The van der Waals surface area contributed by atoms with Crippen molar-refractivity contribution in [2.24, 2.45) is 11.7 Å². The molecule has 3 unspecified atom stereocenters. The second-order valence-electron chi connectivity index (χ2n) is 6.75. The van der Waals surface area contributed by atoms with Gasteiger partial charge in [0.2, 0.25) is 0 Å². The normalized spacial score (nSPS) is 28.3. The van der Waals surface area contributed by atoms with Gasteiger partial charge in [-0.3, -0.25) is 4.90 Å². The number of hydrogen-bond donors (Lipinski definition) is 1. The van der Waals surface area contributed by atoms with Crippen molar-refractivity contribution in [1.82, 2.24) is 4.90 Å². The fourth-order valence-corrected chi connectivity index (χ4v) is 4.02. The van der Waals surface area contributed by atoms with Crippen molar-refractivity contribution >= 4 is 0 Å². The van der Waals surface area contributed by atoms with Gasteiger partial charge in [-0.05, 0) is 55.3 Å². The largest absolute Gasteiger partial charge is 0.330 e. The first kappa shape index (κ1) is 14.1. The van der Waals surface area contributed by atoms with Crippen molar-refractivity contribution in [1.29, 1.82) is 0 Å². The lowest BCUT2D eigenvalue weighted by atomic mass is 9.85. The van der Waals surface area contributed by atoms with E-state index in [4.69, 9.17) is 5.73 Å². The molecule has 3 rings (SSSR count). The molecule has 1 aliphatic carbocycles. The molecular weight excluding hydrogens is 244 g/mol. The van der Waals surface area contributed by atoms with Crippen LogP contribution in [0.25, 0.3) is 0 Å². The summed E-state index contributed by atoms with van der Waals surface area (Å²) in [6, 6.07) is 10.0. The van der Waals surface area contributed by atoms with Crippen LogP contribution in [0.2, 0.25) is 0 Å². The molecule has 2 nitrogen and oxygen atoms in total. The number of hydrogen-bond acceptors (Lipinski definition) is 2. The maximum atomic E-state index is 5.74. The Bertz CT molecular complexity index is 426. The van der Waals surface area contributed by atoms with Crippen molar-refractivity contribution in [3.05, 3.63) is 35.4 Å². The summed E-state index contributed by atoms with van der Waals surface area (Å²) in [6.45, 7) is 5.37. The number of likely N-dealkylation sites (tertiary alicyclic amines) is 1. The van der Waals surface area contributed by atoms with Crippen molar-refractivity contribution in [3.8, 4) is 0 Å². The molecular formula is C18H28N2. The molecule has 1 aromatic rings. The molecule has 0 bridgehead atoms. The van der Waals surface area contributed by atoms with Crippen molar-refractivity contribution in [3.63, 3.8) is 0 Å². The monoisotopic (exact) mass is 272 g/mol. The van der Waals surface area contributed by atoms with Gasteiger partial charge in [0.25, 0.3) is 0 Å². The van der Waals surface area contributed by atoms with E-state index >= 15 is 0 Å². The second kappa shape index (κ2) is 6.28. The molecule has 3 atom stereocenters. The molecule has 0 aromatic heterocycles. The second-order valence-corrected chi connectivity index (χ2v) is 6.75. The lowest BCUT2D eigenvalue weighted by Gasteiger charge is -2.31. The lowest BCUT2D eigenvalue weighted by molar-refractivity contribution is 0.176. The summed E-state index contributed by atoms with van der Waals surface area (Å²) in [5, 5.41) is 0. The summed E-state index contributed by atoms with van der Waals surface area (Å²) in [7, 11) is 0. The first-order chi connectivity index (χ1) is 9.78. The van der Waals surface area contributed by atoms with Crippen LogP contribution in [-0.4, -0.2) is 24.0 Å². The van der Waals surface area contributed by atoms with Crippen LogP contribution in [0.4, 0.5) is 0 Å². The van der Waals surface area contributed by atoms with Crippen molar-refractivity contribution in [2.45, 2.75) is 57.5 Å². The Morgan fingerprint density at radius 3 is 2.65 bits per heavy atom. The highest BCUT2D eigenvalue weighted by Gasteiger charge is 2.35. The van der Waals surface area contributed by atoms with Crippen LogP contribution in [0.3, 0.4) is 0 Å². The summed E-state index contributed by atoms with van der Waals surface area (Å²) >= 11 is 0. The van der Waals surface area contributed by atoms with Gasteiger partial charge in [0.15, 0.2) is 0 Å².